The van der Waals surface area contributed by atoms with E-state index in [1.807, 2.05) is 30.3 Å². The molecule has 1 atom stereocenters. The molecule has 1 heterocycles. The molecule has 0 unspecified atom stereocenters. The summed E-state index contributed by atoms with van der Waals surface area (Å²) < 4.78 is 0. The number of rotatable bonds is 5. The van der Waals surface area contributed by atoms with Gasteiger partial charge in [-0.1, -0.05) is 30.3 Å². The number of carboxylic acid groups (broad SMARTS) is 1. The third kappa shape index (κ3) is 4.00. The zero-order valence-corrected chi connectivity index (χ0v) is 13.1. The van der Waals surface area contributed by atoms with Gasteiger partial charge in [-0.15, -0.1) is 11.8 Å². The lowest BCUT2D eigenvalue weighted by Gasteiger charge is -2.28. The predicted octanol–water partition coefficient (Wildman–Crippen LogP) is 1.02. The lowest BCUT2D eigenvalue weighted by molar-refractivity contribution is -0.148. The van der Waals surface area contributed by atoms with E-state index >= 15 is 0 Å². The molecular weight excluding hydrogens is 304 g/mol. The van der Waals surface area contributed by atoms with Gasteiger partial charge in [-0.05, 0) is 5.56 Å². The van der Waals surface area contributed by atoms with Gasteiger partial charge in [-0.3, -0.25) is 14.4 Å². The molecule has 0 bridgehead atoms. The molecule has 0 saturated carbocycles. The van der Waals surface area contributed by atoms with Crippen LogP contribution in [0.15, 0.2) is 30.3 Å². The van der Waals surface area contributed by atoms with E-state index in [0.29, 0.717) is 11.6 Å². The Morgan fingerprint density at radius 1 is 1.32 bits per heavy atom. The van der Waals surface area contributed by atoms with E-state index in [1.54, 1.807) is 0 Å². The molecule has 1 fully saturated rings. The summed E-state index contributed by atoms with van der Waals surface area (Å²) >= 11 is 1.50. The zero-order valence-electron chi connectivity index (χ0n) is 12.3. The van der Waals surface area contributed by atoms with Crippen molar-refractivity contribution in [3.05, 3.63) is 35.9 Å². The van der Waals surface area contributed by atoms with Crippen molar-refractivity contribution in [3.8, 4) is 0 Å². The van der Waals surface area contributed by atoms with Crippen LogP contribution in [0.3, 0.4) is 0 Å². The summed E-state index contributed by atoms with van der Waals surface area (Å²) in [5.74, 6) is -0.574. The van der Waals surface area contributed by atoms with Crippen LogP contribution in [0.5, 0.6) is 0 Å². The molecule has 0 spiro atoms. The Labute approximate surface area is 133 Å². The minimum Gasteiger partial charge on any atom is -0.480 e. The molecule has 0 aliphatic carbocycles. The second kappa shape index (κ2) is 7.31. The molecule has 1 aromatic carbocycles. The van der Waals surface area contributed by atoms with Gasteiger partial charge >= 0.3 is 5.97 Å². The first-order valence-electron chi connectivity index (χ1n) is 6.88. The molecule has 7 heteroatoms. The third-order valence-corrected chi connectivity index (χ3v) is 4.44. The van der Waals surface area contributed by atoms with Crippen molar-refractivity contribution in [2.24, 2.45) is 0 Å². The van der Waals surface area contributed by atoms with Gasteiger partial charge in [0, 0.05) is 19.2 Å². The minimum absolute atomic E-state index is 0.168. The highest BCUT2D eigenvalue weighted by Gasteiger charge is 2.36. The van der Waals surface area contributed by atoms with Gasteiger partial charge in [0.15, 0.2) is 0 Å². The van der Waals surface area contributed by atoms with E-state index in [-0.39, 0.29) is 24.9 Å². The summed E-state index contributed by atoms with van der Waals surface area (Å²) in [6.45, 7) is 1.27. The van der Waals surface area contributed by atoms with Gasteiger partial charge in [0.25, 0.3) is 0 Å². The number of aliphatic carboxylic acids is 1. The average Bonchev–Trinajstić information content (AvgIpc) is 2.96. The fourth-order valence-corrected chi connectivity index (χ4v) is 3.56. The number of hydrogen-bond donors (Lipinski definition) is 1. The minimum atomic E-state index is -1.07. The van der Waals surface area contributed by atoms with Crippen LogP contribution in [0.2, 0.25) is 0 Å². The quantitative estimate of drug-likeness (QED) is 0.876. The van der Waals surface area contributed by atoms with Gasteiger partial charge in [-0.25, -0.2) is 0 Å². The Morgan fingerprint density at radius 2 is 2.00 bits per heavy atom. The highest BCUT2D eigenvalue weighted by atomic mass is 32.2. The molecule has 2 amide bonds. The topological polar surface area (TPSA) is 77.9 Å². The van der Waals surface area contributed by atoms with E-state index in [1.165, 1.54) is 28.5 Å². The number of hydrogen-bond acceptors (Lipinski definition) is 4. The van der Waals surface area contributed by atoms with Gasteiger partial charge in [0.05, 0.1) is 5.88 Å². The molecule has 6 nitrogen and oxygen atoms in total. The summed E-state index contributed by atoms with van der Waals surface area (Å²) in [5.41, 5.74) is 0.858. The molecule has 1 N–H and O–H groups in total. The Bertz CT molecular complexity index is 564. The number of carboxylic acids is 1. The summed E-state index contributed by atoms with van der Waals surface area (Å²) in [7, 11) is 0. The lowest BCUT2D eigenvalue weighted by Crippen LogP contribution is -2.49. The van der Waals surface area contributed by atoms with Crippen LogP contribution in [-0.2, 0) is 20.9 Å². The highest BCUT2D eigenvalue weighted by Crippen LogP contribution is 2.23. The monoisotopic (exact) mass is 322 g/mol. The first kappa shape index (κ1) is 16.4. The summed E-state index contributed by atoms with van der Waals surface area (Å²) in [5, 5.41) is 9.05. The Balaban J connectivity index is 2.15. The SMILES string of the molecule is CC(=O)N1CSC[C@@H]1C(=O)N(CC(=O)O)Cc1ccccc1. The van der Waals surface area contributed by atoms with Crippen molar-refractivity contribution < 1.29 is 19.5 Å². The maximum absolute atomic E-state index is 12.7. The zero-order chi connectivity index (χ0) is 16.1. The van der Waals surface area contributed by atoms with Gasteiger partial charge < -0.3 is 14.9 Å². The summed E-state index contributed by atoms with van der Waals surface area (Å²) in [6, 6.07) is 8.64. The maximum atomic E-state index is 12.7. The van der Waals surface area contributed by atoms with Crippen molar-refractivity contribution in [3.63, 3.8) is 0 Å². The smallest absolute Gasteiger partial charge is 0.323 e. The number of amides is 2. The van der Waals surface area contributed by atoms with Crippen LogP contribution in [0.1, 0.15) is 12.5 Å². The number of benzene rings is 1. The van der Waals surface area contributed by atoms with Crippen molar-refractivity contribution in [1.29, 1.82) is 0 Å². The lowest BCUT2D eigenvalue weighted by atomic mass is 10.2. The predicted molar refractivity (Wildman–Crippen MR) is 83.1 cm³/mol. The van der Waals surface area contributed by atoms with Crippen LogP contribution in [-0.4, -0.2) is 56.9 Å². The Morgan fingerprint density at radius 3 is 2.59 bits per heavy atom. The molecule has 0 aromatic heterocycles. The third-order valence-electron chi connectivity index (χ3n) is 3.43. The maximum Gasteiger partial charge on any atom is 0.323 e. The highest BCUT2D eigenvalue weighted by molar-refractivity contribution is 7.99. The fourth-order valence-electron chi connectivity index (χ4n) is 2.35. The van der Waals surface area contributed by atoms with E-state index in [4.69, 9.17) is 5.11 Å². The average molecular weight is 322 g/mol. The fraction of sp³-hybridized carbons (Fsp3) is 0.400. The molecule has 118 valence electrons. The first-order valence-corrected chi connectivity index (χ1v) is 8.04. The van der Waals surface area contributed by atoms with Crippen LogP contribution >= 0.6 is 11.8 Å². The number of nitrogens with zero attached hydrogens (tertiary/aromatic N) is 2. The van der Waals surface area contributed by atoms with Crippen LogP contribution in [0.25, 0.3) is 0 Å². The van der Waals surface area contributed by atoms with Gasteiger partial charge in [0.1, 0.15) is 12.6 Å². The molecule has 1 aliphatic rings. The van der Waals surface area contributed by atoms with Crippen molar-refractivity contribution >= 4 is 29.5 Å². The van der Waals surface area contributed by atoms with E-state index in [0.717, 1.165) is 5.56 Å². The second-order valence-corrected chi connectivity index (χ2v) is 6.08. The number of thioether (sulfide) groups is 1. The Kier molecular flexibility index (Phi) is 5.43. The molecule has 1 saturated heterocycles. The molecular formula is C15H18N2O4S. The second-order valence-electron chi connectivity index (χ2n) is 5.08. The van der Waals surface area contributed by atoms with Gasteiger partial charge in [0.2, 0.25) is 11.8 Å². The molecule has 22 heavy (non-hydrogen) atoms. The van der Waals surface area contributed by atoms with Crippen LogP contribution < -0.4 is 0 Å². The number of carbonyl (C=O) groups excluding carboxylic acids is 2. The molecule has 0 radical (unpaired) electrons. The number of carbonyl (C=O) groups is 3. The van der Waals surface area contributed by atoms with E-state index in [9.17, 15) is 14.4 Å². The van der Waals surface area contributed by atoms with Crippen molar-refractivity contribution in [2.75, 3.05) is 18.2 Å². The molecule has 2 rings (SSSR count). The summed E-state index contributed by atoms with van der Waals surface area (Å²) in [4.78, 5) is 38.1. The van der Waals surface area contributed by atoms with Crippen molar-refractivity contribution in [1.82, 2.24) is 9.80 Å². The summed E-state index contributed by atoms with van der Waals surface area (Å²) in [6.07, 6.45) is 0. The largest absolute Gasteiger partial charge is 0.480 e. The van der Waals surface area contributed by atoms with Gasteiger partial charge in [-0.2, -0.15) is 0 Å². The normalized spacial score (nSPS) is 17.3. The van der Waals surface area contributed by atoms with Crippen LogP contribution in [0.4, 0.5) is 0 Å². The van der Waals surface area contributed by atoms with Crippen LogP contribution in [0, 0.1) is 0 Å². The molecule has 1 aromatic rings. The standard InChI is InChI=1S/C15H18N2O4S/c1-11(18)17-10-22-9-13(17)15(21)16(8-14(19)20)7-12-5-3-2-4-6-12/h2-6,13H,7-10H2,1H3,(H,19,20)/t13-/m1/s1. The Hall–Kier alpha value is -2.02. The van der Waals surface area contributed by atoms with Crippen molar-refractivity contribution in [2.45, 2.75) is 19.5 Å². The first-order chi connectivity index (χ1) is 10.5. The molecule has 1 aliphatic heterocycles. The van der Waals surface area contributed by atoms with E-state index < -0.39 is 12.0 Å². The van der Waals surface area contributed by atoms with E-state index in [2.05, 4.69) is 0 Å².